The topological polar surface area (TPSA) is 220 Å². The minimum absolute atomic E-state index is 0.0324. The van der Waals surface area contributed by atoms with E-state index in [1.165, 1.54) is 64.2 Å². The van der Waals surface area contributed by atoms with E-state index in [0.717, 1.165) is 108 Å². The van der Waals surface area contributed by atoms with Gasteiger partial charge in [0, 0.05) is 42.9 Å². The van der Waals surface area contributed by atoms with Gasteiger partial charge >= 0.3 is 47.8 Å². The van der Waals surface area contributed by atoms with E-state index in [9.17, 15) is 38.4 Å². The van der Waals surface area contributed by atoms with Crippen LogP contribution in [0.15, 0.2) is 0 Å². The first-order valence-electron chi connectivity index (χ1n) is 29.0. The Hall–Kier alpha value is -4.28. The fourth-order valence-electron chi connectivity index (χ4n) is 16.4. The van der Waals surface area contributed by atoms with Gasteiger partial charge < -0.3 is 42.6 Å². The van der Waals surface area contributed by atoms with Crippen molar-refractivity contribution in [1.82, 2.24) is 0 Å². The molecule has 74 heavy (non-hydrogen) atoms. The van der Waals surface area contributed by atoms with Crippen LogP contribution in [0.2, 0.25) is 0 Å². The number of carbonyl (C=O) groups is 8. The van der Waals surface area contributed by atoms with Crippen LogP contribution in [-0.4, -0.2) is 111 Å². The Morgan fingerprint density at radius 2 is 1.04 bits per heavy atom. The molecule has 408 valence electrons. The highest BCUT2D eigenvalue weighted by Crippen LogP contribution is 2.56. The third-order valence-corrected chi connectivity index (χ3v) is 20.1. The smallest absolute Gasteiger partial charge is 0.312 e. The second kappa shape index (κ2) is 22.7. The predicted octanol–water partition coefficient (Wildman–Crippen LogP) is 7.09. The molecule has 12 bridgehead atoms. The number of ether oxygens (including phenoxy) is 9. The molecule has 19 fully saturated rings. The third-order valence-electron chi connectivity index (χ3n) is 20.1. The van der Waals surface area contributed by atoms with Crippen LogP contribution in [0.4, 0.5) is 0 Å². The molecule has 17 nitrogen and oxygen atoms in total. The van der Waals surface area contributed by atoms with E-state index in [-0.39, 0.29) is 83.8 Å². The van der Waals surface area contributed by atoms with Crippen LogP contribution in [0.1, 0.15) is 161 Å². The maximum absolute atomic E-state index is 11.2. The Labute approximate surface area is 433 Å². The highest BCUT2D eigenvalue weighted by molar-refractivity contribution is 5.78. The lowest BCUT2D eigenvalue weighted by atomic mass is 9.65. The van der Waals surface area contributed by atoms with Crippen molar-refractivity contribution in [2.24, 2.45) is 82.9 Å². The van der Waals surface area contributed by atoms with Crippen molar-refractivity contribution in [3.05, 3.63) is 0 Å². The van der Waals surface area contributed by atoms with E-state index in [1.807, 2.05) is 0 Å². The highest BCUT2D eigenvalue weighted by atomic mass is 16.6. The lowest BCUT2D eigenvalue weighted by Crippen LogP contribution is -2.36. The summed E-state index contributed by atoms with van der Waals surface area (Å²) in [5, 5.41) is 0. The van der Waals surface area contributed by atoms with Crippen LogP contribution in [0.5, 0.6) is 0 Å². The number of carbonyl (C=O) groups excluding carboxylic acids is 8. The van der Waals surface area contributed by atoms with Crippen LogP contribution in [-0.2, 0) is 81.0 Å². The van der Waals surface area contributed by atoms with E-state index >= 15 is 0 Å². The number of hydrogen-bond donors (Lipinski definition) is 0. The van der Waals surface area contributed by atoms with Gasteiger partial charge in [-0.1, -0.05) is 12.8 Å². The summed E-state index contributed by atoms with van der Waals surface area (Å²) in [6.07, 6.45) is 29.0. The molecule has 20 atom stereocenters. The van der Waals surface area contributed by atoms with Crippen molar-refractivity contribution in [3.63, 3.8) is 0 Å². The average Bonchev–Trinajstić information content (AvgIpc) is 4.25. The fourth-order valence-corrected chi connectivity index (χ4v) is 16.4. The molecule has 0 aromatic rings. The molecule has 10 saturated heterocycles. The minimum Gasteiger partial charge on any atom is -0.466 e. The summed E-state index contributed by atoms with van der Waals surface area (Å²) in [5.74, 6) is 7.40. The first kappa shape index (κ1) is 51.8. The zero-order valence-electron chi connectivity index (χ0n) is 43.0. The van der Waals surface area contributed by atoms with Gasteiger partial charge in [-0.15, -0.1) is 0 Å². The van der Waals surface area contributed by atoms with Crippen LogP contribution in [0.3, 0.4) is 0 Å². The van der Waals surface area contributed by atoms with Crippen LogP contribution < -0.4 is 0 Å². The summed E-state index contributed by atoms with van der Waals surface area (Å²) in [4.78, 5) is 86.6. The second-order valence-electron chi connectivity index (χ2n) is 24.6. The van der Waals surface area contributed by atoms with Crippen LogP contribution in [0.25, 0.3) is 0 Å². The Bertz CT molecular complexity index is 2060. The Balaban J connectivity index is 0.0000000914. The van der Waals surface area contributed by atoms with Crippen molar-refractivity contribution in [1.29, 1.82) is 0 Å². The molecule has 9 saturated carbocycles. The average molecular weight is 1040 g/mol. The second-order valence-corrected chi connectivity index (χ2v) is 24.6. The van der Waals surface area contributed by atoms with E-state index in [4.69, 9.17) is 33.2 Å². The van der Waals surface area contributed by atoms with Gasteiger partial charge in [-0.3, -0.25) is 38.4 Å². The first-order valence-corrected chi connectivity index (χ1v) is 29.0. The molecule has 0 spiro atoms. The summed E-state index contributed by atoms with van der Waals surface area (Å²) >= 11 is 0. The monoisotopic (exact) mass is 1030 g/mol. The van der Waals surface area contributed by atoms with Gasteiger partial charge in [-0.2, -0.15) is 0 Å². The summed E-state index contributed by atoms with van der Waals surface area (Å²) in [7, 11) is 0. The zero-order valence-corrected chi connectivity index (χ0v) is 43.0. The molecule has 9 aliphatic carbocycles. The SMILES string of the molecule is O=C1CCCCO1.O=C1CCCO1.O=C1OC2CC3CC1C2C3.O=C1OC2CC3CC1C2O3.O=C1OC2CC3CCC2C1C3.O=C1OC2CCCC1C2.O=C1OCC2C3CCC(C3)C12.O=C1OCC2CCCCC12. The van der Waals surface area contributed by atoms with Crippen LogP contribution in [0, 0.1) is 82.9 Å². The number of rotatable bonds is 0. The molecule has 19 rings (SSSR count). The van der Waals surface area contributed by atoms with Crippen molar-refractivity contribution in [2.75, 3.05) is 26.4 Å². The Morgan fingerprint density at radius 3 is 1.62 bits per heavy atom. The highest BCUT2D eigenvalue weighted by Gasteiger charge is 2.59. The lowest BCUT2D eigenvalue weighted by Gasteiger charge is -2.38. The van der Waals surface area contributed by atoms with E-state index in [0.29, 0.717) is 98.3 Å². The van der Waals surface area contributed by atoms with E-state index < -0.39 is 0 Å². The summed E-state index contributed by atoms with van der Waals surface area (Å²) in [5.41, 5.74) is 0. The largest absolute Gasteiger partial charge is 0.466 e. The fraction of sp³-hybridized carbons (Fsp3) is 0.860. The molecule has 19 aliphatic rings. The molecule has 17 heteroatoms. The van der Waals surface area contributed by atoms with E-state index in [1.54, 1.807) is 0 Å². The third kappa shape index (κ3) is 11.2. The first-order chi connectivity index (χ1) is 35.9. The summed E-state index contributed by atoms with van der Waals surface area (Å²) < 4.78 is 45.3. The molecule has 10 aliphatic heterocycles. The molecular weight excluding hydrogens is 957 g/mol. The number of esters is 8. The maximum Gasteiger partial charge on any atom is 0.312 e. The molecule has 0 amide bonds. The number of fused-ring (bicyclic) bond motifs is 11. The van der Waals surface area contributed by atoms with Gasteiger partial charge in [-0.05, 0) is 152 Å². The van der Waals surface area contributed by atoms with Gasteiger partial charge in [-0.25, -0.2) is 0 Å². The Morgan fingerprint density at radius 1 is 0.351 bits per heavy atom. The molecule has 10 heterocycles. The van der Waals surface area contributed by atoms with E-state index in [2.05, 4.69) is 9.47 Å². The number of hydrogen-bond acceptors (Lipinski definition) is 17. The summed E-state index contributed by atoms with van der Waals surface area (Å²) in [6.45, 7) is 2.70. The standard InChI is InChI=1S/2C9H12O2.C8H10O2.C8H12O2.C7H8O3.C7H10O2.C5H8O2.C4H6O2/c10-9-8-6-2-1-5(3-6)7(8)4-11-9;10-9-7-3-5-1-2-6(7)8(4-5)11-9;9-8-6-2-4-1-5(6)7(3-4)10-8;9-8-7-4-2-1-3-6(7)5-10-8;8-7-4-1-3-2-5(10-7)6(4)9-3;8-7-5-2-1-3-6(4-5)9-7;6-5-3-1-2-4-7-5;5-4-2-1-3-6-4/h2*5-8H,1-4H2;4-7H,1-3H2;6-7H,1-5H2;3-6H,1-2H2;5-6H,1-4H2;1-4H2;1-3H2. The van der Waals surface area contributed by atoms with Gasteiger partial charge in [0.2, 0.25) is 0 Å². The molecule has 0 radical (unpaired) electrons. The van der Waals surface area contributed by atoms with Gasteiger partial charge in [0.15, 0.2) is 0 Å². The lowest BCUT2D eigenvalue weighted by molar-refractivity contribution is -0.147. The molecular formula is C57H78O17. The zero-order chi connectivity index (χ0) is 51.0. The molecule has 0 N–H and O–H groups in total. The van der Waals surface area contributed by atoms with Crippen molar-refractivity contribution >= 4 is 47.8 Å². The maximum atomic E-state index is 11.2. The van der Waals surface area contributed by atoms with Gasteiger partial charge in [0.25, 0.3) is 0 Å². The quantitative estimate of drug-likeness (QED) is 0.175. The predicted molar refractivity (Wildman–Crippen MR) is 256 cm³/mol. The Kier molecular flexibility index (Phi) is 15.9. The minimum atomic E-state index is -0.0463. The summed E-state index contributed by atoms with van der Waals surface area (Å²) in [6, 6.07) is 0. The van der Waals surface area contributed by atoms with Gasteiger partial charge in [0.1, 0.15) is 30.5 Å². The number of cyclic esters (lactones) is 4. The van der Waals surface area contributed by atoms with Crippen molar-refractivity contribution in [3.8, 4) is 0 Å². The van der Waals surface area contributed by atoms with Gasteiger partial charge in [0.05, 0.1) is 68.0 Å². The van der Waals surface area contributed by atoms with Crippen molar-refractivity contribution < 1.29 is 81.0 Å². The normalized spacial score (nSPS) is 44.8. The molecule has 0 aromatic carbocycles. The molecule has 0 aromatic heterocycles. The molecule has 20 unspecified atom stereocenters. The van der Waals surface area contributed by atoms with Crippen LogP contribution >= 0.6 is 0 Å². The van der Waals surface area contributed by atoms with Crippen molar-refractivity contribution in [2.45, 2.75) is 197 Å².